The molecule has 1 heterocycles. The molecule has 0 fully saturated rings. The SMILES string of the molecule is COC(=O)c1ccccc1NC(=O)CSc1nncn1-c1ccccc1OC. The number of carbonyl (C=O) groups is 2. The second-order valence-electron chi connectivity index (χ2n) is 5.53. The number of para-hydroxylation sites is 3. The van der Waals surface area contributed by atoms with Crippen LogP contribution >= 0.6 is 11.8 Å². The van der Waals surface area contributed by atoms with Crippen molar-refractivity contribution >= 4 is 29.3 Å². The highest BCUT2D eigenvalue weighted by Gasteiger charge is 2.16. The van der Waals surface area contributed by atoms with Gasteiger partial charge in [0.25, 0.3) is 0 Å². The van der Waals surface area contributed by atoms with Gasteiger partial charge in [-0.3, -0.25) is 9.36 Å². The van der Waals surface area contributed by atoms with E-state index < -0.39 is 5.97 Å². The van der Waals surface area contributed by atoms with Crippen LogP contribution < -0.4 is 10.1 Å². The molecule has 0 aliphatic carbocycles. The van der Waals surface area contributed by atoms with Crippen LogP contribution in [0.2, 0.25) is 0 Å². The summed E-state index contributed by atoms with van der Waals surface area (Å²) in [6.45, 7) is 0. The molecule has 3 aromatic rings. The monoisotopic (exact) mass is 398 g/mol. The topological polar surface area (TPSA) is 95.3 Å². The van der Waals surface area contributed by atoms with Crippen LogP contribution in [0.15, 0.2) is 60.0 Å². The van der Waals surface area contributed by atoms with E-state index in [4.69, 9.17) is 9.47 Å². The third-order valence-electron chi connectivity index (χ3n) is 3.80. The standard InChI is InChI=1S/C19H18N4O4S/c1-26-16-10-6-5-9-15(16)23-12-20-22-19(23)28-11-17(24)21-14-8-4-3-7-13(14)18(25)27-2/h3-10,12H,11H2,1-2H3,(H,21,24). The maximum Gasteiger partial charge on any atom is 0.339 e. The summed E-state index contributed by atoms with van der Waals surface area (Å²) in [5, 5.41) is 11.3. The average molecular weight is 398 g/mol. The van der Waals surface area contributed by atoms with Crippen molar-refractivity contribution in [1.29, 1.82) is 0 Å². The summed E-state index contributed by atoms with van der Waals surface area (Å²) >= 11 is 1.22. The number of aromatic nitrogens is 3. The third kappa shape index (κ3) is 4.32. The first kappa shape index (κ1) is 19.4. The van der Waals surface area contributed by atoms with Gasteiger partial charge >= 0.3 is 5.97 Å². The number of anilines is 1. The van der Waals surface area contributed by atoms with Crippen molar-refractivity contribution in [2.75, 3.05) is 25.3 Å². The Bertz CT molecular complexity index is 989. The second-order valence-corrected chi connectivity index (χ2v) is 6.47. The predicted molar refractivity (Wildman–Crippen MR) is 105 cm³/mol. The van der Waals surface area contributed by atoms with Gasteiger partial charge in [-0.1, -0.05) is 36.0 Å². The Kier molecular flexibility index (Phi) is 6.28. The van der Waals surface area contributed by atoms with Crippen LogP contribution in [0.1, 0.15) is 10.4 Å². The van der Waals surface area contributed by atoms with E-state index in [1.165, 1.54) is 18.9 Å². The van der Waals surface area contributed by atoms with E-state index in [-0.39, 0.29) is 11.7 Å². The Morgan fingerprint density at radius 3 is 2.64 bits per heavy atom. The summed E-state index contributed by atoms with van der Waals surface area (Å²) in [4.78, 5) is 24.2. The quantitative estimate of drug-likeness (QED) is 0.483. The summed E-state index contributed by atoms with van der Waals surface area (Å²) in [7, 11) is 2.88. The highest BCUT2D eigenvalue weighted by molar-refractivity contribution is 7.99. The summed E-state index contributed by atoms with van der Waals surface area (Å²) < 4.78 is 11.9. The van der Waals surface area contributed by atoms with Gasteiger partial charge in [-0.05, 0) is 24.3 Å². The molecule has 0 saturated carbocycles. The number of hydrogen-bond donors (Lipinski definition) is 1. The number of esters is 1. The molecule has 0 aliphatic heterocycles. The van der Waals surface area contributed by atoms with Gasteiger partial charge < -0.3 is 14.8 Å². The molecule has 0 unspecified atom stereocenters. The molecule has 0 atom stereocenters. The fraction of sp³-hybridized carbons (Fsp3) is 0.158. The Labute approximate surface area is 165 Å². The summed E-state index contributed by atoms with van der Waals surface area (Å²) in [5.74, 6) is -0.0420. The maximum absolute atomic E-state index is 12.4. The van der Waals surface area contributed by atoms with Crippen molar-refractivity contribution in [3.8, 4) is 11.4 Å². The third-order valence-corrected chi connectivity index (χ3v) is 4.74. The number of nitrogens with one attached hydrogen (secondary N) is 1. The zero-order valence-electron chi connectivity index (χ0n) is 15.3. The number of rotatable bonds is 7. The number of methoxy groups -OCH3 is 2. The molecule has 2 aromatic carbocycles. The zero-order valence-corrected chi connectivity index (χ0v) is 16.1. The van der Waals surface area contributed by atoms with Crippen molar-refractivity contribution in [2.45, 2.75) is 5.16 Å². The van der Waals surface area contributed by atoms with Gasteiger partial charge in [-0.2, -0.15) is 0 Å². The van der Waals surface area contributed by atoms with Crippen LogP contribution in [0.3, 0.4) is 0 Å². The molecule has 0 spiro atoms. The van der Waals surface area contributed by atoms with Crippen LogP contribution in [-0.2, 0) is 9.53 Å². The van der Waals surface area contributed by atoms with Crippen LogP contribution in [0.25, 0.3) is 5.69 Å². The van der Waals surface area contributed by atoms with E-state index in [2.05, 4.69) is 15.5 Å². The van der Waals surface area contributed by atoms with E-state index in [0.717, 1.165) is 5.69 Å². The fourth-order valence-corrected chi connectivity index (χ4v) is 3.24. The van der Waals surface area contributed by atoms with Gasteiger partial charge in [0.2, 0.25) is 5.91 Å². The minimum Gasteiger partial charge on any atom is -0.495 e. The number of ether oxygens (including phenoxy) is 2. The molecule has 9 heteroatoms. The lowest BCUT2D eigenvalue weighted by atomic mass is 10.2. The molecule has 8 nitrogen and oxygen atoms in total. The summed E-state index contributed by atoms with van der Waals surface area (Å²) in [6, 6.07) is 14.1. The van der Waals surface area contributed by atoms with E-state index in [1.807, 2.05) is 24.3 Å². The van der Waals surface area contributed by atoms with Crippen molar-refractivity contribution in [1.82, 2.24) is 14.8 Å². The van der Waals surface area contributed by atoms with Gasteiger partial charge in [0.15, 0.2) is 5.16 Å². The van der Waals surface area contributed by atoms with Crippen LogP contribution in [0, 0.1) is 0 Å². The predicted octanol–water partition coefficient (Wildman–Crippen LogP) is 2.79. The number of carbonyl (C=O) groups excluding carboxylic acids is 2. The zero-order chi connectivity index (χ0) is 19.9. The number of hydrogen-bond acceptors (Lipinski definition) is 7. The molecule has 1 N–H and O–H groups in total. The lowest BCUT2D eigenvalue weighted by Crippen LogP contribution is -2.17. The van der Waals surface area contributed by atoms with Crippen LogP contribution in [-0.4, -0.2) is 46.6 Å². The van der Waals surface area contributed by atoms with Crippen molar-refractivity contribution in [2.24, 2.45) is 0 Å². The molecular weight excluding hydrogens is 380 g/mol. The number of amides is 1. The van der Waals surface area contributed by atoms with Crippen LogP contribution in [0.4, 0.5) is 5.69 Å². The van der Waals surface area contributed by atoms with Crippen molar-refractivity contribution < 1.29 is 19.1 Å². The molecule has 3 rings (SSSR count). The molecule has 0 radical (unpaired) electrons. The van der Waals surface area contributed by atoms with Gasteiger partial charge in [0.1, 0.15) is 12.1 Å². The number of thioether (sulfide) groups is 1. The number of nitrogens with zero attached hydrogens (tertiary/aromatic N) is 3. The smallest absolute Gasteiger partial charge is 0.339 e. The van der Waals surface area contributed by atoms with Crippen molar-refractivity contribution in [3.63, 3.8) is 0 Å². The molecule has 28 heavy (non-hydrogen) atoms. The van der Waals surface area contributed by atoms with E-state index >= 15 is 0 Å². The van der Waals surface area contributed by atoms with Gasteiger partial charge in [0, 0.05) is 0 Å². The van der Waals surface area contributed by atoms with Gasteiger partial charge in [-0.25, -0.2) is 4.79 Å². The lowest BCUT2D eigenvalue weighted by molar-refractivity contribution is -0.113. The van der Waals surface area contributed by atoms with Gasteiger partial charge in [0.05, 0.1) is 36.9 Å². The highest BCUT2D eigenvalue weighted by Crippen LogP contribution is 2.26. The number of benzene rings is 2. The van der Waals surface area contributed by atoms with Gasteiger partial charge in [-0.15, -0.1) is 10.2 Å². The lowest BCUT2D eigenvalue weighted by Gasteiger charge is -2.11. The molecule has 1 amide bonds. The molecule has 0 saturated heterocycles. The average Bonchev–Trinajstić information content (AvgIpc) is 3.20. The first-order chi connectivity index (χ1) is 13.6. The molecule has 0 bridgehead atoms. The largest absolute Gasteiger partial charge is 0.495 e. The Balaban J connectivity index is 1.70. The fourth-order valence-electron chi connectivity index (χ4n) is 2.51. The van der Waals surface area contributed by atoms with E-state index in [0.29, 0.717) is 22.2 Å². The Morgan fingerprint density at radius 2 is 1.86 bits per heavy atom. The maximum atomic E-state index is 12.4. The van der Waals surface area contributed by atoms with E-state index in [9.17, 15) is 9.59 Å². The Morgan fingerprint density at radius 1 is 1.11 bits per heavy atom. The first-order valence-corrected chi connectivity index (χ1v) is 9.26. The van der Waals surface area contributed by atoms with Crippen LogP contribution in [0.5, 0.6) is 5.75 Å². The van der Waals surface area contributed by atoms with E-state index in [1.54, 1.807) is 42.3 Å². The van der Waals surface area contributed by atoms with Crippen molar-refractivity contribution in [3.05, 3.63) is 60.4 Å². The highest BCUT2D eigenvalue weighted by atomic mass is 32.2. The first-order valence-electron chi connectivity index (χ1n) is 8.27. The molecule has 1 aromatic heterocycles. The summed E-state index contributed by atoms with van der Waals surface area (Å²) in [6.07, 6.45) is 1.56. The molecule has 0 aliphatic rings. The Hall–Kier alpha value is -3.33. The minimum absolute atomic E-state index is 0.0867. The molecule has 144 valence electrons. The minimum atomic E-state index is -0.514. The second kappa shape index (κ2) is 9.05. The molecular formula is C19H18N4O4S. The summed E-state index contributed by atoms with van der Waals surface area (Å²) in [5.41, 5.74) is 1.46. The normalized spacial score (nSPS) is 10.4.